The van der Waals surface area contributed by atoms with E-state index in [1.807, 2.05) is 35.7 Å². The number of nitrogens with zero attached hydrogens (tertiary/aromatic N) is 2. The normalized spacial score (nSPS) is 14.5. The van der Waals surface area contributed by atoms with E-state index in [2.05, 4.69) is 10.3 Å². The highest BCUT2D eigenvalue weighted by Crippen LogP contribution is 2.35. The summed E-state index contributed by atoms with van der Waals surface area (Å²) in [6.07, 6.45) is 4.55. The Labute approximate surface area is 191 Å². The van der Waals surface area contributed by atoms with Gasteiger partial charge >= 0.3 is 18.0 Å². The first-order valence-corrected chi connectivity index (χ1v) is 10.6. The quantitative estimate of drug-likeness (QED) is 0.384. The molecule has 1 aromatic carbocycles. The van der Waals surface area contributed by atoms with Crippen LogP contribution in [0, 0.1) is 0 Å². The molecular weight excluding hydrogens is 450 g/mol. The lowest BCUT2D eigenvalue weighted by Gasteiger charge is -2.11. The van der Waals surface area contributed by atoms with Crippen molar-refractivity contribution < 1.29 is 34.1 Å². The fraction of sp³-hybridized carbons (Fsp3) is 0.136. The number of pyridine rings is 1. The minimum Gasteiger partial charge on any atom is -0.473 e. The van der Waals surface area contributed by atoms with Crippen LogP contribution in [0.3, 0.4) is 0 Å². The minimum absolute atomic E-state index is 0.0592. The summed E-state index contributed by atoms with van der Waals surface area (Å²) in [5.74, 6) is -3.81. The molecule has 33 heavy (non-hydrogen) atoms. The molecule has 1 aliphatic rings. The molecule has 0 saturated carbocycles. The van der Waals surface area contributed by atoms with Gasteiger partial charge in [-0.3, -0.25) is 14.3 Å². The van der Waals surface area contributed by atoms with Crippen LogP contribution in [-0.4, -0.2) is 50.2 Å². The summed E-state index contributed by atoms with van der Waals surface area (Å²) in [6.45, 7) is 2.02. The van der Waals surface area contributed by atoms with Crippen molar-refractivity contribution in [2.45, 2.75) is 12.3 Å². The van der Waals surface area contributed by atoms with Crippen molar-refractivity contribution in [1.82, 2.24) is 14.9 Å². The van der Waals surface area contributed by atoms with Crippen LogP contribution in [0.1, 0.15) is 28.2 Å². The predicted octanol–water partition coefficient (Wildman–Crippen LogP) is 3.26. The van der Waals surface area contributed by atoms with Crippen molar-refractivity contribution in [2.75, 3.05) is 6.61 Å². The van der Waals surface area contributed by atoms with Crippen molar-refractivity contribution in [3.8, 4) is 0 Å². The second-order valence-electron chi connectivity index (χ2n) is 6.55. The number of ketones is 1. The Morgan fingerprint density at radius 3 is 2.48 bits per heavy atom. The molecule has 170 valence electrons. The first kappa shape index (κ1) is 23.5. The van der Waals surface area contributed by atoms with Gasteiger partial charge in [0.15, 0.2) is 0 Å². The van der Waals surface area contributed by atoms with Crippen LogP contribution in [-0.2, 0) is 14.3 Å². The molecular formula is C22H19N3O7S. The first-order chi connectivity index (χ1) is 15.8. The third kappa shape index (κ3) is 5.39. The maximum absolute atomic E-state index is 13.1. The van der Waals surface area contributed by atoms with E-state index in [0.29, 0.717) is 22.2 Å². The lowest BCUT2D eigenvalue weighted by Crippen LogP contribution is -2.19. The smallest absolute Gasteiger partial charge is 0.418 e. The fourth-order valence-electron chi connectivity index (χ4n) is 3.01. The van der Waals surface area contributed by atoms with Gasteiger partial charge < -0.3 is 20.3 Å². The second-order valence-corrected chi connectivity index (χ2v) is 7.53. The Bertz CT molecular complexity index is 1230. The fourth-order valence-corrected chi connectivity index (χ4v) is 3.95. The number of rotatable bonds is 4. The molecule has 11 heteroatoms. The molecule has 0 aliphatic carbocycles. The van der Waals surface area contributed by atoms with Crippen molar-refractivity contribution >= 4 is 46.5 Å². The molecule has 0 saturated heterocycles. The van der Waals surface area contributed by atoms with Crippen molar-refractivity contribution in [1.29, 1.82) is 0 Å². The number of benzene rings is 1. The second kappa shape index (κ2) is 10.5. The maximum Gasteiger partial charge on any atom is 0.418 e. The van der Waals surface area contributed by atoms with Gasteiger partial charge in [0.1, 0.15) is 5.37 Å². The molecule has 0 bridgehead atoms. The predicted molar refractivity (Wildman–Crippen MR) is 120 cm³/mol. The minimum atomic E-state index is -1.82. The number of allylic oxidation sites excluding steroid dienone is 1. The number of hydrogen-bond donors (Lipinski definition) is 3. The van der Waals surface area contributed by atoms with Crippen LogP contribution >= 0.6 is 11.8 Å². The van der Waals surface area contributed by atoms with Crippen LogP contribution in [0.15, 0.2) is 66.1 Å². The van der Waals surface area contributed by atoms with E-state index in [4.69, 9.17) is 24.5 Å². The Morgan fingerprint density at radius 1 is 1.12 bits per heavy atom. The Kier molecular flexibility index (Phi) is 7.46. The number of carbonyl (C=O) groups excluding carboxylic acids is 2. The topological polar surface area (TPSA) is 148 Å². The highest BCUT2D eigenvalue weighted by Gasteiger charge is 2.27. The first-order valence-electron chi connectivity index (χ1n) is 9.63. The van der Waals surface area contributed by atoms with Gasteiger partial charge in [-0.2, -0.15) is 0 Å². The molecule has 1 unspecified atom stereocenters. The lowest BCUT2D eigenvalue weighted by atomic mass is 10.1. The van der Waals surface area contributed by atoms with Gasteiger partial charge in [0.05, 0.1) is 23.4 Å². The number of thioether (sulfide) groups is 1. The monoisotopic (exact) mass is 469 g/mol. The summed E-state index contributed by atoms with van der Waals surface area (Å²) in [5, 5.41) is 20.5. The molecule has 4 rings (SSSR count). The molecule has 1 aliphatic heterocycles. The molecule has 10 nitrogen and oxygen atoms in total. The van der Waals surface area contributed by atoms with Gasteiger partial charge in [-0.15, -0.1) is 11.8 Å². The number of aromatic nitrogens is 2. The third-order valence-corrected chi connectivity index (χ3v) is 5.48. The van der Waals surface area contributed by atoms with Gasteiger partial charge in [-0.1, -0.05) is 24.3 Å². The van der Waals surface area contributed by atoms with E-state index in [0.717, 1.165) is 5.56 Å². The summed E-state index contributed by atoms with van der Waals surface area (Å²) < 4.78 is 6.48. The number of fused-ring (bicyclic) bond motifs is 1. The standard InChI is InChI=1S/C20H17N3O3S.C2H2O4/c1-2-26-20(25)23-11-15(14-7-3-4-8-17(14)23)18(24)16-12-27-19(22-16)13-6-5-9-21-10-13;3-1(4)2(5)6/h3-12,19,22H,2H2,1H3;(H,3,4)(H,5,6). The number of Topliss-reactive ketones (excluding diaryl/α,β-unsaturated/α-hetero) is 1. The molecule has 0 amide bonds. The number of hydrogen-bond acceptors (Lipinski definition) is 8. The highest BCUT2D eigenvalue weighted by molar-refractivity contribution is 8.02. The zero-order valence-corrected chi connectivity index (χ0v) is 18.1. The van der Waals surface area contributed by atoms with E-state index in [1.165, 1.54) is 16.3 Å². The Balaban J connectivity index is 0.000000454. The largest absolute Gasteiger partial charge is 0.473 e. The number of aliphatic carboxylic acids is 2. The average molecular weight is 469 g/mol. The number of nitrogens with one attached hydrogen (secondary N) is 1. The molecule has 3 heterocycles. The number of ether oxygens (including phenoxy) is 1. The van der Waals surface area contributed by atoms with Gasteiger partial charge in [-0.05, 0) is 19.1 Å². The van der Waals surface area contributed by atoms with Crippen LogP contribution in [0.2, 0.25) is 0 Å². The summed E-state index contributed by atoms with van der Waals surface area (Å²) in [7, 11) is 0. The van der Waals surface area contributed by atoms with Crippen LogP contribution in [0.25, 0.3) is 10.9 Å². The van der Waals surface area contributed by atoms with E-state index < -0.39 is 18.0 Å². The Morgan fingerprint density at radius 2 is 1.85 bits per heavy atom. The molecule has 2 aromatic heterocycles. The number of para-hydroxylation sites is 1. The number of carbonyl (C=O) groups is 4. The SMILES string of the molecule is CCOC(=O)n1cc(C(=O)C2=CSC(c3cccnc3)N2)c2ccccc21.O=C(O)C(=O)O. The average Bonchev–Trinajstić information content (AvgIpc) is 3.46. The van der Waals surface area contributed by atoms with Crippen LogP contribution < -0.4 is 5.32 Å². The van der Waals surface area contributed by atoms with Crippen LogP contribution in [0.5, 0.6) is 0 Å². The molecule has 0 fully saturated rings. The maximum atomic E-state index is 13.1. The van der Waals surface area contributed by atoms with E-state index >= 15 is 0 Å². The van der Waals surface area contributed by atoms with Gasteiger partial charge in [0, 0.05) is 34.9 Å². The summed E-state index contributed by atoms with van der Waals surface area (Å²) in [5.41, 5.74) is 2.61. The zero-order valence-electron chi connectivity index (χ0n) is 17.3. The summed E-state index contributed by atoms with van der Waals surface area (Å²) >= 11 is 1.52. The van der Waals surface area contributed by atoms with Crippen molar-refractivity contribution in [2.24, 2.45) is 0 Å². The van der Waals surface area contributed by atoms with E-state index in [-0.39, 0.29) is 17.8 Å². The Hall–Kier alpha value is -4.12. The molecule has 3 aromatic rings. The van der Waals surface area contributed by atoms with Crippen molar-refractivity contribution in [3.05, 3.63) is 77.2 Å². The molecule has 0 spiro atoms. The third-order valence-electron chi connectivity index (χ3n) is 4.44. The highest BCUT2D eigenvalue weighted by atomic mass is 32.2. The molecule has 3 N–H and O–H groups in total. The molecule has 0 radical (unpaired) electrons. The summed E-state index contributed by atoms with van der Waals surface area (Å²) in [4.78, 5) is 47.7. The summed E-state index contributed by atoms with van der Waals surface area (Å²) in [6, 6.07) is 11.1. The van der Waals surface area contributed by atoms with Crippen molar-refractivity contribution in [3.63, 3.8) is 0 Å². The number of carboxylic acid groups (broad SMARTS) is 2. The van der Waals surface area contributed by atoms with Gasteiger partial charge in [-0.25, -0.2) is 14.4 Å². The zero-order chi connectivity index (χ0) is 24.0. The van der Waals surface area contributed by atoms with Gasteiger partial charge in [0.25, 0.3) is 0 Å². The van der Waals surface area contributed by atoms with E-state index in [1.54, 1.807) is 31.6 Å². The number of carboxylic acids is 2. The van der Waals surface area contributed by atoms with Gasteiger partial charge in [0.2, 0.25) is 5.78 Å². The lowest BCUT2D eigenvalue weighted by molar-refractivity contribution is -0.159. The molecule has 1 atom stereocenters. The van der Waals surface area contributed by atoms with E-state index in [9.17, 15) is 9.59 Å². The van der Waals surface area contributed by atoms with Crippen LogP contribution in [0.4, 0.5) is 4.79 Å².